The fourth-order valence-electron chi connectivity index (χ4n) is 1.06. The Hall–Kier alpha value is -1.84. The maximum Gasteiger partial charge on any atom is 0.220 e. The lowest BCUT2D eigenvalue weighted by Crippen LogP contribution is -2.23. The zero-order valence-corrected chi connectivity index (χ0v) is 8.36. The van der Waals surface area contributed by atoms with Crippen LogP contribution in [0.15, 0.2) is 35.5 Å². The molecule has 1 aromatic rings. The van der Waals surface area contributed by atoms with Crippen LogP contribution in [0.1, 0.15) is 23.4 Å². The molecule has 4 nitrogen and oxygen atoms in total. The van der Waals surface area contributed by atoms with Gasteiger partial charge in [-0.2, -0.15) is 0 Å². The highest BCUT2D eigenvalue weighted by atomic mass is 16.3. The normalized spacial score (nSPS) is 9.60. The number of ketones is 1. The lowest BCUT2D eigenvalue weighted by Gasteiger charge is -2.00. The number of rotatable bonds is 6. The standard InChI is InChI=1S/C11H13NO3/c1-2-7-12-11(14)6-5-9(13)10-4-3-8-15-10/h2-4,8H,1,5-7H2,(H,12,14). The molecule has 80 valence electrons. The molecule has 1 N–H and O–H groups in total. The minimum Gasteiger partial charge on any atom is -0.461 e. The van der Waals surface area contributed by atoms with Gasteiger partial charge in [0.25, 0.3) is 0 Å². The van der Waals surface area contributed by atoms with Crippen molar-refractivity contribution >= 4 is 11.7 Å². The number of carbonyl (C=O) groups is 2. The number of hydrogen-bond donors (Lipinski definition) is 1. The smallest absolute Gasteiger partial charge is 0.220 e. The van der Waals surface area contributed by atoms with Gasteiger partial charge in [-0.25, -0.2) is 0 Å². The van der Waals surface area contributed by atoms with Crippen LogP contribution in [0.2, 0.25) is 0 Å². The van der Waals surface area contributed by atoms with E-state index in [1.807, 2.05) is 0 Å². The van der Waals surface area contributed by atoms with Crippen LogP contribution in [0.4, 0.5) is 0 Å². The van der Waals surface area contributed by atoms with Crippen LogP contribution in [0.5, 0.6) is 0 Å². The van der Waals surface area contributed by atoms with Gasteiger partial charge in [0.05, 0.1) is 6.26 Å². The molecule has 1 rings (SSSR count). The molecule has 0 fully saturated rings. The van der Waals surface area contributed by atoms with Crippen molar-refractivity contribution in [3.8, 4) is 0 Å². The summed E-state index contributed by atoms with van der Waals surface area (Å²) in [6.07, 6.45) is 3.36. The van der Waals surface area contributed by atoms with E-state index in [1.165, 1.54) is 6.26 Å². The lowest BCUT2D eigenvalue weighted by atomic mass is 10.2. The van der Waals surface area contributed by atoms with Crippen LogP contribution in [-0.2, 0) is 4.79 Å². The van der Waals surface area contributed by atoms with Crippen molar-refractivity contribution in [2.24, 2.45) is 0 Å². The van der Waals surface area contributed by atoms with Crippen molar-refractivity contribution in [1.29, 1.82) is 0 Å². The van der Waals surface area contributed by atoms with E-state index in [0.29, 0.717) is 12.3 Å². The van der Waals surface area contributed by atoms with Gasteiger partial charge in [-0.1, -0.05) is 6.08 Å². The Morgan fingerprint density at radius 3 is 2.87 bits per heavy atom. The quantitative estimate of drug-likeness (QED) is 0.568. The summed E-state index contributed by atoms with van der Waals surface area (Å²) in [5.74, 6) is -0.0184. The number of nitrogens with one attached hydrogen (secondary N) is 1. The second-order valence-corrected chi connectivity index (χ2v) is 2.99. The highest BCUT2D eigenvalue weighted by Gasteiger charge is 2.10. The Morgan fingerprint density at radius 2 is 2.27 bits per heavy atom. The number of amides is 1. The third-order valence-corrected chi connectivity index (χ3v) is 1.82. The fourth-order valence-corrected chi connectivity index (χ4v) is 1.06. The molecular weight excluding hydrogens is 194 g/mol. The third kappa shape index (κ3) is 3.81. The Kier molecular flexibility index (Phi) is 4.34. The minimum atomic E-state index is -0.159. The van der Waals surface area contributed by atoms with E-state index in [2.05, 4.69) is 11.9 Å². The minimum absolute atomic E-state index is 0.158. The van der Waals surface area contributed by atoms with Gasteiger partial charge in [-0.15, -0.1) is 6.58 Å². The molecule has 0 aliphatic heterocycles. The van der Waals surface area contributed by atoms with E-state index in [1.54, 1.807) is 18.2 Å². The maximum atomic E-state index is 11.4. The molecule has 0 radical (unpaired) electrons. The number of carbonyl (C=O) groups excluding carboxylic acids is 2. The SMILES string of the molecule is C=CCNC(=O)CCC(=O)c1ccco1. The van der Waals surface area contributed by atoms with Crippen molar-refractivity contribution in [1.82, 2.24) is 5.32 Å². The van der Waals surface area contributed by atoms with Crippen molar-refractivity contribution in [3.63, 3.8) is 0 Å². The van der Waals surface area contributed by atoms with Crippen LogP contribution < -0.4 is 5.32 Å². The number of Topliss-reactive ketones (excluding diaryl/α,β-unsaturated/α-hetero) is 1. The largest absolute Gasteiger partial charge is 0.461 e. The van der Waals surface area contributed by atoms with Gasteiger partial charge in [0.2, 0.25) is 5.91 Å². The molecule has 15 heavy (non-hydrogen) atoms. The molecule has 0 aliphatic rings. The van der Waals surface area contributed by atoms with E-state index in [-0.39, 0.29) is 24.5 Å². The molecule has 0 atom stereocenters. The molecule has 1 aromatic heterocycles. The summed E-state index contributed by atoms with van der Waals surface area (Å²) >= 11 is 0. The summed E-state index contributed by atoms with van der Waals surface area (Å²) in [4.78, 5) is 22.5. The monoisotopic (exact) mass is 207 g/mol. The second-order valence-electron chi connectivity index (χ2n) is 2.99. The number of furan rings is 1. The van der Waals surface area contributed by atoms with Gasteiger partial charge >= 0.3 is 0 Å². The molecule has 1 amide bonds. The molecule has 0 spiro atoms. The fraction of sp³-hybridized carbons (Fsp3) is 0.273. The Bertz CT molecular complexity index is 341. The predicted molar refractivity (Wildman–Crippen MR) is 55.5 cm³/mol. The molecule has 0 saturated carbocycles. The van der Waals surface area contributed by atoms with Gasteiger partial charge < -0.3 is 9.73 Å². The van der Waals surface area contributed by atoms with Gasteiger partial charge in [0.1, 0.15) is 0 Å². The van der Waals surface area contributed by atoms with Gasteiger partial charge in [0.15, 0.2) is 11.5 Å². The van der Waals surface area contributed by atoms with Gasteiger partial charge in [-0.05, 0) is 12.1 Å². The highest BCUT2D eigenvalue weighted by molar-refractivity contribution is 5.95. The molecule has 0 unspecified atom stereocenters. The van der Waals surface area contributed by atoms with Crippen molar-refractivity contribution in [2.45, 2.75) is 12.8 Å². The Morgan fingerprint density at radius 1 is 1.47 bits per heavy atom. The zero-order chi connectivity index (χ0) is 11.1. The van der Waals surface area contributed by atoms with Gasteiger partial charge in [0, 0.05) is 19.4 Å². The zero-order valence-electron chi connectivity index (χ0n) is 8.36. The first-order chi connectivity index (χ1) is 7.24. The van der Waals surface area contributed by atoms with Crippen molar-refractivity contribution in [2.75, 3.05) is 6.54 Å². The lowest BCUT2D eigenvalue weighted by molar-refractivity contribution is -0.120. The average Bonchev–Trinajstić information content (AvgIpc) is 2.76. The summed E-state index contributed by atoms with van der Waals surface area (Å²) in [5.41, 5.74) is 0. The Labute approximate surface area is 88.0 Å². The maximum absolute atomic E-state index is 11.4. The van der Waals surface area contributed by atoms with Crippen molar-refractivity contribution in [3.05, 3.63) is 36.8 Å². The van der Waals surface area contributed by atoms with E-state index in [9.17, 15) is 9.59 Å². The molecular formula is C11H13NO3. The summed E-state index contributed by atoms with van der Waals surface area (Å²) in [6, 6.07) is 3.23. The highest BCUT2D eigenvalue weighted by Crippen LogP contribution is 2.05. The van der Waals surface area contributed by atoms with E-state index in [4.69, 9.17) is 4.42 Å². The second kappa shape index (κ2) is 5.80. The van der Waals surface area contributed by atoms with Gasteiger partial charge in [-0.3, -0.25) is 9.59 Å². The molecule has 4 heteroatoms. The van der Waals surface area contributed by atoms with E-state index < -0.39 is 0 Å². The summed E-state index contributed by atoms with van der Waals surface area (Å²) < 4.78 is 4.91. The van der Waals surface area contributed by atoms with Crippen LogP contribution in [-0.4, -0.2) is 18.2 Å². The molecule has 0 bridgehead atoms. The first kappa shape index (κ1) is 11.2. The van der Waals surface area contributed by atoms with Crippen LogP contribution >= 0.6 is 0 Å². The summed E-state index contributed by atoms with van der Waals surface area (Å²) in [7, 11) is 0. The van der Waals surface area contributed by atoms with E-state index >= 15 is 0 Å². The number of hydrogen-bond acceptors (Lipinski definition) is 3. The topological polar surface area (TPSA) is 59.3 Å². The van der Waals surface area contributed by atoms with Crippen LogP contribution in [0.3, 0.4) is 0 Å². The molecule has 0 aromatic carbocycles. The predicted octanol–water partition coefficient (Wildman–Crippen LogP) is 1.54. The van der Waals surface area contributed by atoms with E-state index in [0.717, 1.165) is 0 Å². The molecule has 1 heterocycles. The first-order valence-corrected chi connectivity index (χ1v) is 4.68. The molecule has 0 saturated heterocycles. The first-order valence-electron chi connectivity index (χ1n) is 4.68. The van der Waals surface area contributed by atoms with Crippen LogP contribution in [0.25, 0.3) is 0 Å². The average molecular weight is 207 g/mol. The molecule has 0 aliphatic carbocycles. The van der Waals surface area contributed by atoms with Crippen LogP contribution in [0, 0.1) is 0 Å². The van der Waals surface area contributed by atoms with Crippen molar-refractivity contribution < 1.29 is 14.0 Å². The Balaban J connectivity index is 2.28. The summed E-state index contributed by atoms with van der Waals surface area (Å²) in [6.45, 7) is 3.90. The summed E-state index contributed by atoms with van der Waals surface area (Å²) in [5, 5.41) is 2.59. The third-order valence-electron chi connectivity index (χ3n) is 1.82.